The lowest BCUT2D eigenvalue weighted by molar-refractivity contribution is -0.145. The Labute approximate surface area is 153 Å². The molecule has 0 aromatic heterocycles. The fourth-order valence-electron chi connectivity index (χ4n) is 2.32. The number of aliphatic carboxylic acids is 1. The van der Waals surface area contributed by atoms with Crippen LogP contribution in [0.1, 0.15) is 90.9 Å². The van der Waals surface area contributed by atoms with E-state index in [-0.39, 0.29) is 5.97 Å². The van der Waals surface area contributed by atoms with Crippen molar-refractivity contribution in [2.45, 2.75) is 96.9 Å². The Morgan fingerprint density at radius 3 is 1.88 bits per heavy atom. The van der Waals surface area contributed by atoms with Gasteiger partial charge >= 0.3 is 5.97 Å². The fraction of sp³-hybridized carbons (Fsp3) is 0.895. The summed E-state index contributed by atoms with van der Waals surface area (Å²) in [7, 11) is 0. The van der Waals surface area contributed by atoms with Crippen molar-refractivity contribution in [2.75, 3.05) is 13.2 Å². The van der Waals surface area contributed by atoms with E-state index in [9.17, 15) is 4.79 Å². The van der Waals surface area contributed by atoms with Crippen LogP contribution in [0.5, 0.6) is 0 Å². The van der Waals surface area contributed by atoms with Gasteiger partial charge in [0.15, 0.2) is 0 Å². The molecule has 6 nitrogen and oxygen atoms in total. The molecule has 0 aliphatic carbocycles. The summed E-state index contributed by atoms with van der Waals surface area (Å²) in [6.45, 7) is 4.49. The Morgan fingerprint density at radius 2 is 1.40 bits per heavy atom. The largest absolute Gasteiger partial charge is 0.481 e. The molecule has 1 atom stereocenters. The van der Waals surface area contributed by atoms with Crippen molar-refractivity contribution in [1.29, 1.82) is 0 Å². The molecule has 6 heteroatoms. The number of esters is 1. The van der Waals surface area contributed by atoms with Gasteiger partial charge in [0.25, 0.3) is 5.97 Å². The zero-order chi connectivity index (χ0) is 19.3. The van der Waals surface area contributed by atoms with Gasteiger partial charge in [0.05, 0.1) is 6.61 Å². The van der Waals surface area contributed by atoms with Crippen LogP contribution in [-0.2, 0) is 14.3 Å². The average Bonchev–Trinajstić information content (AvgIpc) is 2.56. The standard InChI is InChI=1S/C17H36N2O2.C2H4O2/c1-2-3-4-5-6-7-8-9-12-15-21-17(20)16(19)13-10-11-14-18;1-2(3)4/h16H,2-15,18-19H2,1H3;1H3,(H,3,4)/t16-;/m0./s1. The molecule has 0 heterocycles. The molecule has 0 rings (SSSR count). The highest BCUT2D eigenvalue weighted by Gasteiger charge is 2.13. The highest BCUT2D eigenvalue weighted by atomic mass is 16.5. The maximum absolute atomic E-state index is 11.6. The topological polar surface area (TPSA) is 116 Å². The Kier molecular flexibility index (Phi) is 21.8. The third-order valence-corrected chi connectivity index (χ3v) is 3.76. The molecule has 0 aliphatic heterocycles. The molecule has 0 radical (unpaired) electrons. The highest BCUT2D eigenvalue weighted by molar-refractivity contribution is 5.75. The highest BCUT2D eigenvalue weighted by Crippen LogP contribution is 2.09. The first-order valence-electron chi connectivity index (χ1n) is 9.77. The monoisotopic (exact) mass is 360 g/mol. The lowest BCUT2D eigenvalue weighted by Crippen LogP contribution is -2.32. The van der Waals surface area contributed by atoms with E-state index in [4.69, 9.17) is 26.1 Å². The summed E-state index contributed by atoms with van der Waals surface area (Å²) in [6.07, 6.45) is 13.9. The zero-order valence-corrected chi connectivity index (χ0v) is 16.3. The van der Waals surface area contributed by atoms with Gasteiger partial charge in [-0.2, -0.15) is 0 Å². The minimum atomic E-state index is -0.833. The molecule has 0 aromatic rings. The van der Waals surface area contributed by atoms with Crippen LogP contribution >= 0.6 is 0 Å². The number of nitrogens with two attached hydrogens (primary N) is 2. The molecule has 0 amide bonds. The maximum atomic E-state index is 11.6. The predicted molar refractivity (Wildman–Crippen MR) is 102 cm³/mol. The minimum absolute atomic E-state index is 0.258. The van der Waals surface area contributed by atoms with Gasteiger partial charge in [-0.15, -0.1) is 0 Å². The number of carbonyl (C=O) groups excluding carboxylic acids is 1. The molecule has 25 heavy (non-hydrogen) atoms. The van der Waals surface area contributed by atoms with Gasteiger partial charge in [-0.05, 0) is 25.8 Å². The van der Waals surface area contributed by atoms with Crippen LogP contribution in [0.2, 0.25) is 0 Å². The van der Waals surface area contributed by atoms with Crippen LogP contribution in [0.15, 0.2) is 0 Å². The summed E-state index contributed by atoms with van der Waals surface area (Å²) in [6, 6.07) is -0.477. The van der Waals surface area contributed by atoms with Crippen molar-refractivity contribution in [3.8, 4) is 0 Å². The molecule has 0 saturated heterocycles. The van der Waals surface area contributed by atoms with Crippen molar-refractivity contribution in [2.24, 2.45) is 11.5 Å². The van der Waals surface area contributed by atoms with Gasteiger partial charge in [-0.3, -0.25) is 9.59 Å². The summed E-state index contributed by atoms with van der Waals surface area (Å²) in [5.74, 6) is -1.09. The molecular formula is C19H40N2O4. The molecule has 0 unspecified atom stereocenters. The lowest BCUT2D eigenvalue weighted by Gasteiger charge is -2.11. The average molecular weight is 361 g/mol. The summed E-state index contributed by atoms with van der Waals surface area (Å²) >= 11 is 0. The summed E-state index contributed by atoms with van der Waals surface area (Å²) in [4.78, 5) is 20.6. The van der Waals surface area contributed by atoms with Crippen LogP contribution < -0.4 is 11.5 Å². The summed E-state index contributed by atoms with van der Waals surface area (Å²) < 4.78 is 5.20. The van der Waals surface area contributed by atoms with Gasteiger partial charge in [-0.1, -0.05) is 64.7 Å². The fourth-order valence-corrected chi connectivity index (χ4v) is 2.32. The van der Waals surface area contributed by atoms with E-state index in [0.29, 0.717) is 19.6 Å². The van der Waals surface area contributed by atoms with Gasteiger partial charge < -0.3 is 21.3 Å². The van der Waals surface area contributed by atoms with E-state index >= 15 is 0 Å². The SMILES string of the molecule is CC(=O)O.CCCCCCCCCCCOC(=O)[C@@H](N)CCCCN. The molecule has 0 aliphatic rings. The van der Waals surface area contributed by atoms with Crippen LogP contribution in [0.3, 0.4) is 0 Å². The van der Waals surface area contributed by atoms with Gasteiger partial charge in [0, 0.05) is 6.92 Å². The van der Waals surface area contributed by atoms with E-state index in [1.54, 1.807) is 0 Å². The number of ether oxygens (including phenoxy) is 1. The zero-order valence-electron chi connectivity index (χ0n) is 16.3. The Balaban J connectivity index is 0. The number of rotatable bonds is 15. The smallest absolute Gasteiger partial charge is 0.322 e. The number of carbonyl (C=O) groups is 2. The summed E-state index contributed by atoms with van der Waals surface area (Å²) in [5, 5.41) is 7.42. The quantitative estimate of drug-likeness (QED) is 0.303. The maximum Gasteiger partial charge on any atom is 0.322 e. The number of unbranched alkanes of at least 4 members (excludes halogenated alkanes) is 9. The second-order valence-corrected chi connectivity index (χ2v) is 6.41. The Bertz CT molecular complexity index is 308. The van der Waals surface area contributed by atoms with Crippen LogP contribution in [0, 0.1) is 0 Å². The van der Waals surface area contributed by atoms with Crippen molar-refractivity contribution in [1.82, 2.24) is 0 Å². The van der Waals surface area contributed by atoms with E-state index < -0.39 is 12.0 Å². The Hall–Kier alpha value is -1.14. The molecule has 0 aromatic carbocycles. The van der Waals surface area contributed by atoms with Gasteiger partial charge in [0.2, 0.25) is 0 Å². The number of hydrogen-bond donors (Lipinski definition) is 3. The second-order valence-electron chi connectivity index (χ2n) is 6.41. The normalized spacial score (nSPS) is 11.4. The van der Waals surface area contributed by atoms with E-state index in [1.807, 2.05) is 0 Å². The van der Waals surface area contributed by atoms with E-state index in [1.165, 1.54) is 44.9 Å². The van der Waals surface area contributed by atoms with Gasteiger partial charge in [-0.25, -0.2) is 0 Å². The first-order chi connectivity index (χ1) is 12.0. The number of hydrogen-bond acceptors (Lipinski definition) is 5. The first kappa shape index (κ1) is 26.1. The van der Waals surface area contributed by atoms with Gasteiger partial charge in [0.1, 0.15) is 6.04 Å². The van der Waals surface area contributed by atoms with Crippen molar-refractivity contribution in [3.05, 3.63) is 0 Å². The van der Waals surface area contributed by atoms with Crippen molar-refractivity contribution in [3.63, 3.8) is 0 Å². The third kappa shape index (κ3) is 25.2. The van der Waals surface area contributed by atoms with Crippen molar-refractivity contribution >= 4 is 11.9 Å². The molecule has 0 bridgehead atoms. The van der Waals surface area contributed by atoms with E-state index in [2.05, 4.69) is 6.92 Å². The summed E-state index contributed by atoms with van der Waals surface area (Å²) in [5.41, 5.74) is 11.2. The molecule has 0 spiro atoms. The van der Waals surface area contributed by atoms with E-state index in [0.717, 1.165) is 32.6 Å². The minimum Gasteiger partial charge on any atom is -0.481 e. The first-order valence-corrected chi connectivity index (χ1v) is 9.77. The van der Waals surface area contributed by atoms with Crippen LogP contribution in [0.25, 0.3) is 0 Å². The van der Waals surface area contributed by atoms with Crippen LogP contribution in [0.4, 0.5) is 0 Å². The predicted octanol–water partition coefficient (Wildman–Crippen LogP) is 3.61. The number of carboxylic acid groups (broad SMARTS) is 1. The number of carboxylic acids is 1. The lowest BCUT2D eigenvalue weighted by atomic mass is 10.1. The molecule has 0 fully saturated rings. The molecule has 0 saturated carbocycles. The Morgan fingerprint density at radius 1 is 0.920 bits per heavy atom. The third-order valence-electron chi connectivity index (χ3n) is 3.76. The molecular weight excluding hydrogens is 320 g/mol. The van der Waals surface area contributed by atoms with Crippen LogP contribution in [-0.4, -0.2) is 36.2 Å². The molecule has 5 N–H and O–H groups in total. The molecule has 150 valence electrons. The second kappa shape index (κ2) is 20.9. The van der Waals surface area contributed by atoms with Crippen molar-refractivity contribution < 1.29 is 19.4 Å².